The highest BCUT2D eigenvalue weighted by molar-refractivity contribution is 5.30. The first-order valence-corrected chi connectivity index (χ1v) is 6.17. The second-order valence-corrected chi connectivity index (χ2v) is 4.66. The third kappa shape index (κ3) is 3.18. The molecule has 0 aliphatic rings. The number of nitrogens with two attached hydrogens (primary N) is 1. The van der Waals surface area contributed by atoms with E-state index in [1.807, 2.05) is 0 Å². The van der Waals surface area contributed by atoms with Crippen LogP contribution in [0.15, 0.2) is 36.4 Å². The van der Waals surface area contributed by atoms with E-state index in [1.54, 1.807) is 13.0 Å². The number of hydrogen-bond acceptors (Lipinski definition) is 2. The predicted molar refractivity (Wildman–Crippen MR) is 71.3 cm³/mol. The van der Waals surface area contributed by atoms with E-state index in [1.165, 1.54) is 24.3 Å². The van der Waals surface area contributed by atoms with Crippen molar-refractivity contribution in [3.05, 3.63) is 70.5 Å². The fraction of sp³-hybridized carbons (Fsp3) is 0.200. The average molecular weight is 280 g/mol. The minimum absolute atomic E-state index is 0.276. The van der Waals surface area contributed by atoms with Gasteiger partial charge in [-0.05, 0) is 42.7 Å². The van der Waals surface area contributed by atoms with E-state index in [2.05, 4.69) is 5.43 Å². The van der Waals surface area contributed by atoms with Crippen LogP contribution in [0.4, 0.5) is 13.2 Å². The molecular formula is C15H15F3N2. The van der Waals surface area contributed by atoms with Gasteiger partial charge in [0.05, 0.1) is 6.04 Å². The van der Waals surface area contributed by atoms with Gasteiger partial charge in [-0.1, -0.05) is 12.1 Å². The van der Waals surface area contributed by atoms with Crippen molar-refractivity contribution < 1.29 is 13.2 Å². The Hall–Kier alpha value is -1.85. The van der Waals surface area contributed by atoms with Gasteiger partial charge in [0, 0.05) is 11.6 Å². The number of hydrogen-bond donors (Lipinski definition) is 2. The van der Waals surface area contributed by atoms with Crippen molar-refractivity contribution in [1.29, 1.82) is 0 Å². The van der Waals surface area contributed by atoms with Crippen LogP contribution in [-0.4, -0.2) is 0 Å². The average Bonchev–Trinajstić information content (AvgIpc) is 2.39. The highest BCUT2D eigenvalue weighted by Gasteiger charge is 2.16. The van der Waals surface area contributed by atoms with E-state index < -0.39 is 17.7 Å². The van der Waals surface area contributed by atoms with E-state index in [0.29, 0.717) is 6.42 Å². The largest absolute Gasteiger partial charge is 0.271 e. The molecule has 0 aliphatic heterocycles. The highest BCUT2D eigenvalue weighted by atomic mass is 19.1. The Balaban J connectivity index is 2.28. The second kappa shape index (κ2) is 6.07. The Morgan fingerprint density at radius 2 is 1.70 bits per heavy atom. The fourth-order valence-electron chi connectivity index (χ4n) is 2.15. The van der Waals surface area contributed by atoms with Gasteiger partial charge in [0.1, 0.15) is 17.5 Å². The lowest BCUT2D eigenvalue weighted by Crippen LogP contribution is -2.30. The molecule has 1 atom stereocenters. The zero-order valence-corrected chi connectivity index (χ0v) is 11.0. The van der Waals surface area contributed by atoms with Crippen LogP contribution in [0.3, 0.4) is 0 Å². The van der Waals surface area contributed by atoms with Gasteiger partial charge in [-0.25, -0.2) is 13.2 Å². The van der Waals surface area contributed by atoms with Crippen LogP contribution >= 0.6 is 0 Å². The van der Waals surface area contributed by atoms with Gasteiger partial charge in [0.15, 0.2) is 0 Å². The first kappa shape index (κ1) is 14.6. The number of benzene rings is 2. The van der Waals surface area contributed by atoms with Crippen LogP contribution in [0, 0.1) is 24.4 Å². The summed E-state index contributed by atoms with van der Waals surface area (Å²) in [6, 6.07) is 7.22. The molecule has 0 spiro atoms. The van der Waals surface area contributed by atoms with E-state index in [4.69, 9.17) is 5.84 Å². The molecule has 0 fully saturated rings. The summed E-state index contributed by atoms with van der Waals surface area (Å²) in [6.45, 7) is 1.77. The molecule has 0 radical (unpaired) electrons. The summed E-state index contributed by atoms with van der Waals surface area (Å²) in [7, 11) is 0. The third-order valence-corrected chi connectivity index (χ3v) is 3.27. The van der Waals surface area contributed by atoms with Crippen LogP contribution in [0.25, 0.3) is 0 Å². The van der Waals surface area contributed by atoms with E-state index >= 15 is 0 Å². The molecule has 2 aromatic rings. The van der Waals surface area contributed by atoms with Crippen LogP contribution in [0.1, 0.15) is 22.7 Å². The lowest BCUT2D eigenvalue weighted by atomic mass is 9.96. The van der Waals surface area contributed by atoms with Crippen LogP contribution < -0.4 is 11.3 Å². The summed E-state index contributed by atoms with van der Waals surface area (Å²) >= 11 is 0. The Bertz CT molecular complexity index is 614. The standard InChI is InChI=1S/C15H15F3N2/c1-9-6-11(16)3-2-10(9)7-15(20-19)13-5-4-12(17)8-14(13)18/h2-6,8,15,20H,7,19H2,1H3. The molecule has 0 aliphatic carbocycles. The number of rotatable bonds is 4. The first-order valence-electron chi connectivity index (χ1n) is 6.17. The van der Waals surface area contributed by atoms with Crippen molar-refractivity contribution in [2.75, 3.05) is 0 Å². The SMILES string of the molecule is Cc1cc(F)ccc1CC(NN)c1ccc(F)cc1F. The van der Waals surface area contributed by atoms with Gasteiger partial charge < -0.3 is 0 Å². The molecule has 1 unspecified atom stereocenters. The molecule has 2 rings (SSSR count). The molecule has 0 saturated heterocycles. The van der Waals surface area contributed by atoms with Crippen molar-refractivity contribution in [3.8, 4) is 0 Å². The number of halogens is 3. The summed E-state index contributed by atoms with van der Waals surface area (Å²) in [5.74, 6) is 3.83. The predicted octanol–water partition coefficient (Wildman–Crippen LogP) is 3.16. The van der Waals surface area contributed by atoms with Crippen molar-refractivity contribution >= 4 is 0 Å². The summed E-state index contributed by atoms with van der Waals surface area (Å²) in [4.78, 5) is 0. The number of nitrogens with one attached hydrogen (secondary N) is 1. The normalized spacial score (nSPS) is 12.4. The van der Waals surface area contributed by atoms with E-state index in [-0.39, 0.29) is 11.4 Å². The van der Waals surface area contributed by atoms with Crippen molar-refractivity contribution in [1.82, 2.24) is 5.43 Å². The Kier molecular flexibility index (Phi) is 4.42. The van der Waals surface area contributed by atoms with Crippen molar-refractivity contribution in [2.45, 2.75) is 19.4 Å². The molecular weight excluding hydrogens is 265 g/mol. The molecule has 0 saturated carbocycles. The van der Waals surface area contributed by atoms with Crippen LogP contribution in [0.5, 0.6) is 0 Å². The Morgan fingerprint density at radius 3 is 2.30 bits per heavy atom. The first-order chi connectivity index (χ1) is 9.51. The van der Waals surface area contributed by atoms with Gasteiger partial charge >= 0.3 is 0 Å². The minimum Gasteiger partial charge on any atom is -0.271 e. The molecule has 0 amide bonds. The van der Waals surface area contributed by atoms with Gasteiger partial charge in [-0.3, -0.25) is 11.3 Å². The van der Waals surface area contributed by atoms with Gasteiger partial charge in [-0.2, -0.15) is 0 Å². The zero-order chi connectivity index (χ0) is 14.7. The minimum atomic E-state index is -0.660. The number of hydrazine groups is 1. The molecule has 106 valence electrons. The van der Waals surface area contributed by atoms with Crippen molar-refractivity contribution in [2.24, 2.45) is 5.84 Å². The maximum Gasteiger partial charge on any atom is 0.130 e. The second-order valence-electron chi connectivity index (χ2n) is 4.66. The summed E-state index contributed by atoms with van der Waals surface area (Å²) in [6.07, 6.45) is 0.380. The molecule has 5 heteroatoms. The van der Waals surface area contributed by atoms with Gasteiger partial charge in [0.25, 0.3) is 0 Å². The summed E-state index contributed by atoms with van der Waals surface area (Å²) < 4.78 is 39.7. The van der Waals surface area contributed by atoms with Gasteiger partial charge in [0.2, 0.25) is 0 Å². The fourth-order valence-corrected chi connectivity index (χ4v) is 2.15. The zero-order valence-electron chi connectivity index (χ0n) is 11.0. The molecule has 0 heterocycles. The molecule has 0 aromatic heterocycles. The Labute approximate surface area is 115 Å². The lowest BCUT2D eigenvalue weighted by Gasteiger charge is -2.18. The quantitative estimate of drug-likeness (QED) is 0.667. The van der Waals surface area contributed by atoms with E-state index in [0.717, 1.165) is 17.2 Å². The topological polar surface area (TPSA) is 38.0 Å². The highest BCUT2D eigenvalue weighted by Crippen LogP contribution is 2.23. The Morgan fingerprint density at radius 1 is 1.05 bits per heavy atom. The van der Waals surface area contributed by atoms with E-state index in [9.17, 15) is 13.2 Å². The van der Waals surface area contributed by atoms with Crippen molar-refractivity contribution in [3.63, 3.8) is 0 Å². The molecule has 3 N–H and O–H groups in total. The maximum absolute atomic E-state index is 13.8. The van der Waals surface area contributed by atoms with Gasteiger partial charge in [-0.15, -0.1) is 0 Å². The van der Waals surface area contributed by atoms with Crippen LogP contribution in [0.2, 0.25) is 0 Å². The van der Waals surface area contributed by atoms with Crippen LogP contribution in [-0.2, 0) is 6.42 Å². The lowest BCUT2D eigenvalue weighted by molar-refractivity contribution is 0.501. The third-order valence-electron chi connectivity index (χ3n) is 3.27. The smallest absolute Gasteiger partial charge is 0.130 e. The monoisotopic (exact) mass is 280 g/mol. The molecule has 2 aromatic carbocycles. The summed E-state index contributed by atoms with van der Waals surface area (Å²) in [5, 5.41) is 0. The maximum atomic E-state index is 13.8. The number of aryl methyl sites for hydroxylation is 1. The molecule has 20 heavy (non-hydrogen) atoms. The molecule has 2 nitrogen and oxygen atoms in total. The summed E-state index contributed by atoms with van der Waals surface area (Å²) in [5.41, 5.74) is 4.39. The molecule has 0 bridgehead atoms.